The van der Waals surface area contributed by atoms with Gasteiger partial charge >= 0.3 is 0 Å². The van der Waals surface area contributed by atoms with Gasteiger partial charge in [0.1, 0.15) is 6.04 Å². The Balaban J connectivity index is 1.74. The summed E-state index contributed by atoms with van der Waals surface area (Å²) in [5.74, 6) is 1.11. The van der Waals surface area contributed by atoms with Gasteiger partial charge in [-0.25, -0.2) is 0 Å². The van der Waals surface area contributed by atoms with Crippen LogP contribution >= 0.6 is 11.3 Å². The third-order valence-corrected chi connectivity index (χ3v) is 5.15. The number of aromatic nitrogens is 1. The Morgan fingerprint density at radius 2 is 1.97 bits per heavy atom. The highest BCUT2D eigenvalue weighted by atomic mass is 32.1. The van der Waals surface area contributed by atoms with Crippen LogP contribution in [0.5, 0.6) is 0 Å². The number of fused-ring (bicyclic) bond motifs is 1. The molecular formula is C21H20N4O3S. The average molecular weight is 408 g/mol. The number of thiophene rings is 1. The van der Waals surface area contributed by atoms with Crippen LogP contribution < -0.4 is 16.0 Å². The van der Waals surface area contributed by atoms with Crippen LogP contribution in [0.2, 0.25) is 0 Å². The highest BCUT2D eigenvalue weighted by molar-refractivity contribution is 7.12. The van der Waals surface area contributed by atoms with Gasteiger partial charge in [0.2, 0.25) is 11.8 Å². The zero-order chi connectivity index (χ0) is 20.6. The van der Waals surface area contributed by atoms with E-state index in [0.717, 1.165) is 16.5 Å². The van der Waals surface area contributed by atoms with Crippen molar-refractivity contribution in [2.45, 2.75) is 12.5 Å². The summed E-state index contributed by atoms with van der Waals surface area (Å²) in [7, 11) is 0. The number of benzene rings is 1. The number of hydrogen-bond donors (Lipinski definition) is 4. The second-order valence-electron chi connectivity index (χ2n) is 6.27. The van der Waals surface area contributed by atoms with E-state index in [2.05, 4.69) is 26.9 Å². The van der Waals surface area contributed by atoms with E-state index in [1.54, 1.807) is 17.5 Å². The third-order valence-electron chi connectivity index (χ3n) is 4.28. The van der Waals surface area contributed by atoms with Gasteiger partial charge in [0.25, 0.3) is 5.91 Å². The Morgan fingerprint density at radius 3 is 2.72 bits per heavy atom. The maximum atomic E-state index is 12.7. The molecule has 29 heavy (non-hydrogen) atoms. The zero-order valence-electron chi connectivity index (χ0n) is 15.5. The molecule has 0 aliphatic rings. The number of carbonyl (C=O) groups is 3. The smallest absolute Gasteiger partial charge is 0.262 e. The van der Waals surface area contributed by atoms with Gasteiger partial charge in [0.15, 0.2) is 0 Å². The molecular weight excluding hydrogens is 388 g/mol. The molecule has 7 nitrogen and oxygen atoms in total. The van der Waals surface area contributed by atoms with E-state index < -0.39 is 17.9 Å². The molecule has 4 N–H and O–H groups in total. The maximum absolute atomic E-state index is 12.7. The number of carbonyl (C=O) groups excluding carboxylic acids is 3. The van der Waals surface area contributed by atoms with Crippen molar-refractivity contribution in [1.29, 1.82) is 0 Å². The zero-order valence-corrected chi connectivity index (χ0v) is 16.3. The van der Waals surface area contributed by atoms with E-state index in [1.165, 1.54) is 11.3 Å². The monoisotopic (exact) mass is 408 g/mol. The molecule has 3 amide bonds. The van der Waals surface area contributed by atoms with Crippen molar-refractivity contribution in [1.82, 2.24) is 20.9 Å². The molecule has 0 saturated heterocycles. The predicted molar refractivity (Wildman–Crippen MR) is 112 cm³/mol. The van der Waals surface area contributed by atoms with Gasteiger partial charge < -0.3 is 20.9 Å². The fourth-order valence-corrected chi connectivity index (χ4v) is 3.50. The molecule has 0 spiro atoms. The molecule has 148 valence electrons. The van der Waals surface area contributed by atoms with Crippen molar-refractivity contribution in [2.75, 3.05) is 13.1 Å². The molecule has 2 heterocycles. The van der Waals surface area contributed by atoms with Crippen LogP contribution in [0, 0.1) is 12.3 Å². The van der Waals surface area contributed by atoms with Gasteiger partial charge in [-0.2, -0.15) is 0 Å². The summed E-state index contributed by atoms with van der Waals surface area (Å²) < 4.78 is 0. The number of H-pyrrole nitrogens is 1. The van der Waals surface area contributed by atoms with Crippen LogP contribution in [-0.4, -0.2) is 41.8 Å². The van der Waals surface area contributed by atoms with Crippen molar-refractivity contribution in [3.8, 4) is 12.3 Å². The Bertz CT molecular complexity index is 1050. The van der Waals surface area contributed by atoms with Crippen LogP contribution in [0.1, 0.15) is 15.2 Å². The first-order valence-electron chi connectivity index (χ1n) is 8.95. The molecule has 3 rings (SSSR count). The molecule has 1 aromatic carbocycles. The standard InChI is InChI=1S/C21H20N4O3S/c1-2-9-22-19(26)13-24-20(27)17(25-21(28)18-8-5-10-29-18)11-14-12-23-16-7-4-3-6-15(14)16/h1,3-8,10,12,17,23H,9,11,13H2,(H,22,26)(H,24,27)(H,25,28). The lowest BCUT2D eigenvalue weighted by Crippen LogP contribution is -2.50. The first kappa shape index (κ1) is 20.2. The third kappa shape index (κ3) is 5.24. The minimum atomic E-state index is -0.843. The summed E-state index contributed by atoms with van der Waals surface area (Å²) in [5, 5.41) is 10.6. The molecule has 3 aromatic rings. The Labute approximate surface area is 171 Å². The van der Waals surface area contributed by atoms with Gasteiger partial charge in [-0.3, -0.25) is 14.4 Å². The lowest BCUT2D eigenvalue weighted by Gasteiger charge is -2.18. The minimum absolute atomic E-state index is 0.0859. The average Bonchev–Trinajstić information content (AvgIpc) is 3.40. The van der Waals surface area contributed by atoms with Crippen molar-refractivity contribution in [2.24, 2.45) is 0 Å². The Kier molecular flexibility index (Phi) is 6.66. The van der Waals surface area contributed by atoms with Crippen molar-refractivity contribution >= 4 is 40.0 Å². The second kappa shape index (κ2) is 9.57. The lowest BCUT2D eigenvalue weighted by molar-refractivity contribution is -0.127. The number of rotatable bonds is 8. The quantitative estimate of drug-likeness (QED) is 0.424. The van der Waals surface area contributed by atoms with E-state index in [4.69, 9.17) is 6.42 Å². The maximum Gasteiger partial charge on any atom is 0.262 e. The molecule has 0 bridgehead atoms. The number of para-hydroxylation sites is 1. The first-order valence-corrected chi connectivity index (χ1v) is 9.83. The first-order chi connectivity index (χ1) is 14.1. The van der Waals surface area contributed by atoms with Gasteiger partial charge in [-0.05, 0) is 23.1 Å². The second-order valence-corrected chi connectivity index (χ2v) is 7.21. The molecule has 0 saturated carbocycles. The summed E-state index contributed by atoms with van der Waals surface area (Å²) in [4.78, 5) is 40.6. The van der Waals surface area contributed by atoms with Gasteiger partial charge in [-0.15, -0.1) is 17.8 Å². The Hall–Kier alpha value is -3.57. The number of nitrogens with one attached hydrogen (secondary N) is 4. The van der Waals surface area contributed by atoms with Gasteiger partial charge in [0, 0.05) is 23.5 Å². The van der Waals surface area contributed by atoms with Crippen LogP contribution in [0.25, 0.3) is 10.9 Å². The minimum Gasteiger partial charge on any atom is -0.361 e. The topological polar surface area (TPSA) is 103 Å². The molecule has 0 radical (unpaired) electrons. The highest BCUT2D eigenvalue weighted by Gasteiger charge is 2.24. The van der Waals surface area contributed by atoms with Gasteiger partial charge in [-0.1, -0.05) is 30.2 Å². The molecule has 1 atom stereocenters. The highest BCUT2D eigenvalue weighted by Crippen LogP contribution is 2.19. The van der Waals surface area contributed by atoms with E-state index in [-0.39, 0.29) is 25.4 Å². The van der Waals surface area contributed by atoms with E-state index in [1.807, 2.05) is 30.5 Å². The van der Waals surface area contributed by atoms with Crippen LogP contribution in [0.3, 0.4) is 0 Å². The predicted octanol–water partition coefficient (Wildman–Crippen LogP) is 1.44. The molecule has 0 aliphatic heterocycles. The van der Waals surface area contributed by atoms with E-state index in [9.17, 15) is 14.4 Å². The lowest BCUT2D eigenvalue weighted by atomic mass is 10.0. The SMILES string of the molecule is C#CCNC(=O)CNC(=O)C(Cc1c[nH]c2ccccc12)NC(=O)c1cccs1. The fraction of sp³-hybridized carbons (Fsp3) is 0.190. The molecule has 0 fully saturated rings. The molecule has 8 heteroatoms. The summed E-state index contributed by atoms with van der Waals surface area (Å²) in [6, 6.07) is 10.3. The van der Waals surface area contributed by atoms with Crippen LogP contribution in [0.4, 0.5) is 0 Å². The summed E-state index contributed by atoms with van der Waals surface area (Å²) in [5.41, 5.74) is 1.84. The largest absolute Gasteiger partial charge is 0.361 e. The van der Waals surface area contributed by atoms with E-state index in [0.29, 0.717) is 4.88 Å². The number of amides is 3. The number of terminal acetylenes is 1. The fourth-order valence-electron chi connectivity index (χ4n) is 2.87. The molecule has 0 aliphatic carbocycles. The molecule has 2 aromatic heterocycles. The summed E-state index contributed by atoms with van der Waals surface area (Å²) >= 11 is 1.29. The summed E-state index contributed by atoms with van der Waals surface area (Å²) in [6.07, 6.45) is 7.20. The van der Waals surface area contributed by atoms with E-state index >= 15 is 0 Å². The number of aromatic amines is 1. The van der Waals surface area contributed by atoms with Crippen molar-refractivity contribution in [3.05, 3.63) is 58.4 Å². The Morgan fingerprint density at radius 1 is 1.14 bits per heavy atom. The normalized spacial score (nSPS) is 11.4. The summed E-state index contributed by atoms with van der Waals surface area (Å²) in [6.45, 7) is -0.137. The number of hydrogen-bond acceptors (Lipinski definition) is 4. The van der Waals surface area contributed by atoms with Crippen LogP contribution in [0.15, 0.2) is 48.0 Å². The van der Waals surface area contributed by atoms with Crippen LogP contribution in [-0.2, 0) is 16.0 Å². The van der Waals surface area contributed by atoms with Gasteiger partial charge in [0.05, 0.1) is 18.0 Å². The van der Waals surface area contributed by atoms with Crippen molar-refractivity contribution in [3.63, 3.8) is 0 Å². The molecule has 1 unspecified atom stereocenters. The van der Waals surface area contributed by atoms with Crippen molar-refractivity contribution < 1.29 is 14.4 Å².